The molecule has 9 heteroatoms. The van der Waals surface area contributed by atoms with Crippen molar-refractivity contribution in [3.05, 3.63) is 86.9 Å². The first-order valence-corrected chi connectivity index (χ1v) is 10.7. The maximum atomic E-state index is 12.3. The maximum absolute atomic E-state index is 12.3. The van der Waals surface area contributed by atoms with Gasteiger partial charge in [-0.05, 0) is 55.3 Å². The van der Waals surface area contributed by atoms with Crippen LogP contribution in [0.1, 0.15) is 18.1 Å². The Balaban J connectivity index is 1.61. The van der Waals surface area contributed by atoms with Crippen molar-refractivity contribution >= 4 is 34.6 Å². The lowest BCUT2D eigenvalue weighted by Crippen LogP contribution is -2.20. The molecule has 0 heterocycles. The standard InChI is InChI=1S/C24H24ClN3O5/c1-3-32-23-11-17(14-26-18-5-4-6-20(12-18)28(30)31)8-10-22(23)33-15-24(29)27-19-9-7-16(2)21(25)13-19/h4-13,26H,3,14-15H2,1-2H3,(H,27,29). The number of nitrogens with one attached hydrogen (secondary N) is 2. The molecule has 0 fully saturated rings. The number of non-ortho nitro benzene ring substituents is 1. The van der Waals surface area contributed by atoms with Crippen LogP contribution in [-0.2, 0) is 11.3 Å². The number of halogens is 1. The van der Waals surface area contributed by atoms with Gasteiger partial charge in [-0.2, -0.15) is 0 Å². The number of carbonyl (C=O) groups excluding carboxylic acids is 1. The van der Waals surface area contributed by atoms with Gasteiger partial charge in [-0.25, -0.2) is 0 Å². The highest BCUT2D eigenvalue weighted by Gasteiger charge is 2.11. The molecule has 0 bridgehead atoms. The normalized spacial score (nSPS) is 10.4. The lowest BCUT2D eigenvalue weighted by molar-refractivity contribution is -0.384. The molecule has 0 atom stereocenters. The quantitative estimate of drug-likeness (QED) is 0.296. The Morgan fingerprint density at radius 2 is 1.85 bits per heavy atom. The van der Waals surface area contributed by atoms with Crippen LogP contribution in [0.4, 0.5) is 17.1 Å². The number of carbonyl (C=O) groups is 1. The summed E-state index contributed by atoms with van der Waals surface area (Å²) in [7, 11) is 0. The molecule has 3 aromatic carbocycles. The second-order valence-electron chi connectivity index (χ2n) is 7.18. The predicted molar refractivity (Wildman–Crippen MR) is 128 cm³/mol. The van der Waals surface area contributed by atoms with Crippen molar-refractivity contribution in [1.29, 1.82) is 0 Å². The first-order valence-electron chi connectivity index (χ1n) is 10.3. The van der Waals surface area contributed by atoms with Crippen molar-refractivity contribution in [2.24, 2.45) is 0 Å². The van der Waals surface area contributed by atoms with Crippen LogP contribution in [0.3, 0.4) is 0 Å². The Kier molecular flexibility index (Phi) is 8.10. The minimum absolute atomic E-state index is 0.0185. The fourth-order valence-electron chi connectivity index (χ4n) is 2.99. The van der Waals surface area contributed by atoms with Crippen molar-refractivity contribution in [2.45, 2.75) is 20.4 Å². The Labute approximate surface area is 196 Å². The molecule has 1 amide bonds. The fourth-order valence-corrected chi connectivity index (χ4v) is 3.18. The lowest BCUT2D eigenvalue weighted by Gasteiger charge is -2.14. The lowest BCUT2D eigenvalue weighted by atomic mass is 10.2. The van der Waals surface area contributed by atoms with Gasteiger partial charge in [-0.15, -0.1) is 0 Å². The molecule has 0 aliphatic rings. The number of nitrogens with zero attached hydrogens (tertiary/aromatic N) is 1. The van der Waals surface area contributed by atoms with E-state index in [0.29, 0.717) is 41.0 Å². The number of benzene rings is 3. The number of nitro benzene ring substituents is 1. The second-order valence-corrected chi connectivity index (χ2v) is 7.58. The third-order valence-electron chi connectivity index (χ3n) is 4.68. The van der Waals surface area contributed by atoms with Gasteiger partial charge in [-0.3, -0.25) is 14.9 Å². The third kappa shape index (κ3) is 6.85. The minimum Gasteiger partial charge on any atom is -0.490 e. The Bertz CT molecular complexity index is 1150. The molecule has 8 nitrogen and oxygen atoms in total. The Morgan fingerprint density at radius 3 is 2.58 bits per heavy atom. The van der Waals surface area contributed by atoms with Crippen molar-refractivity contribution in [3.8, 4) is 11.5 Å². The van der Waals surface area contributed by atoms with Crippen molar-refractivity contribution in [1.82, 2.24) is 0 Å². The summed E-state index contributed by atoms with van der Waals surface area (Å²) in [4.78, 5) is 22.8. The molecule has 0 spiro atoms. The highest BCUT2D eigenvalue weighted by atomic mass is 35.5. The maximum Gasteiger partial charge on any atom is 0.271 e. The molecule has 0 unspecified atom stereocenters. The van der Waals surface area contributed by atoms with Crippen LogP contribution in [0.2, 0.25) is 5.02 Å². The fraction of sp³-hybridized carbons (Fsp3) is 0.208. The summed E-state index contributed by atoms with van der Waals surface area (Å²) < 4.78 is 11.3. The molecule has 0 aliphatic heterocycles. The van der Waals surface area contributed by atoms with Gasteiger partial charge in [0, 0.05) is 35.1 Å². The van der Waals surface area contributed by atoms with Crippen LogP contribution in [-0.4, -0.2) is 24.0 Å². The van der Waals surface area contributed by atoms with E-state index in [1.54, 1.807) is 36.4 Å². The summed E-state index contributed by atoms with van der Waals surface area (Å²) in [6.45, 7) is 4.39. The summed E-state index contributed by atoms with van der Waals surface area (Å²) >= 11 is 6.09. The van der Waals surface area contributed by atoms with Crippen LogP contribution in [0.5, 0.6) is 11.5 Å². The summed E-state index contributed by atoms with van der Waals surface area (Å²) in [6, 6.07) is 16.9. The molecule has 0 aliphatic carbocycles. The van der Waals surface area contributed by atoms with E-state index >= 15 is 0 Å². The molecule has 172 valence electrons. The van der Waals surface area contributed by atoms with E-state index in [1.807, 2.05) is 26.0 Å². The highest BCUT2D eigenvalue weighted by Crippen LogP contribution is 2.29. The van der Waals surface area contributed by atoms with Gasteiger partial charge >= 0.3 is 0 Å². The van der Waals surface area contributed by atoms with E-state index in [9.17, 15) is 14.9 Å². The number of hydrogen-bond acceptors (Lipinski definition) is 6. The highest BCUT2D eigenvalue weighted by molar-refractivity contribution is 6.31. The average Bonchev–Trinajstić information content (AvgIpc) is 2.80. The van der Waals surface area contributed by atoms with Gasteiger partial charge in [0.25, 0.3) is 11.6 Å². The first kappa shape index (κ1) is 23.9. The Morgan fingerprint density at radius 1 is 1.03 bits per heavy atom. The largest absolute Gasteiger partial charge is 0.490 e. The van der Waals surface area contributed by atoms with Crippen LogP contribution in [0.15, 0.2) is 60.7 Å². The third-order valence-corrected chi connectivity index (χ3v) is 5.08. The number of aryl methyl sites for hydroxylation is 1. The van der Waals surface area contributed by atoms with Gasteiger partial charge in [-0.1, -0.05) is 29.8 Å². The first-order chi connectivity index (χ1) is 15.9. The number of ether oxygens (including phenoxy) is 2. The van der Waals surface area contributed by atoms with Gasteiger partial charge in [0.1, 0.15) is 0 Å². The van der Waals surface area contributed by atoms with E-state index < -0.39 is 4.92 Å². The van der Waals surface area contributed by atoms with Crippen molar-refractivity contribution < 1.29 is 19.2 Å². The van der Waals surface area contributed by atoms with Crippen molar-refractivity contribution in [3.63, 3.8) is 0 Å². The summed E-state index contributed by atoms with van der Waals surface area (Å²) in [5.74, 6) is 0.615. The SMILES string of the molecule is CCOc1cc(CNc2cccc([N+](=O)[O-])c2)ccc1OCC(=O)Nc1ccc(C)c(Cl)c1. The zero-order valence-corrected chi connectivity index (χ0v) is 19.0. The number of amides is 1. The Hall–Kier alpha value is -3.78. The molecule has 33 heavy (non-hydrogen) atoms. The number of hydrogen-bond donors (Lipinski definition) is 2. The second kappa shape index (κ2) is 11.2. The average molecular weight is 470 g/mol. The zero-order chi connectivity index (χ0) is 23.8. The van der Waals surface area contributed by atoms with E-state index in [0.717, 1.165) is 11.1 Å². The van der Waals surface area contributed by atoms with Crippen molar-refractivity contribution in [2.75, 3.05) is 23.8 Å². The number of anilines is 2. The molecular formula is C24H24ClN3O5. The van der Waals surface area contributed by atoms with Gasteiger partial charge in [0.15, 0.2) is 18.1 Å². The smallest absolute Gasteiger partial charge is 0.271 e. The summed E-state index contributed by atoms with van der Waals surface area (Å²) in [5, 5.41) is 17.4. The van der Waals surface area contributed by atoms with E-state index in [-0.39, 0.29) is 18.2 Å². The molecule has 0 aromatic heterocycles. The van der Waals surface area contributed by atoms with Crippen LogP contribution in [0.25, 0.3) is 0 Å². The summed E-state index contributed by atoms with van der Waals surface area (Å²) in [5.41, 5.74) is 3.05. The molecule has 0 saturated carbocycles. The molecule has 2 N–H and O–H groups in total. The van der Waals surface area contributed by atoms with Gasteiger partial charge in [0.2, 0.25) is 0 Å². The van der Waals surface area contributed by atoms with E-state index in [4.69, 9.17) is 21.1 Å². The van der Waals surface area contributed by atoms with Crippen LogP contribution in [0, 0.1) is 17.0 Å². The topological polar surface area (TPSA) is 103 Å². The molecular weight excluding hydrogens is 446 g/mol. The molecule has 0 saturated heterocycles. The molecule has 3 rings (SSSR count). The summed E-state index contributed by atoms with van der Waals surface area (Å²) in [6.07, 6.45) is 0. The van der Waals surface area contributed by atoms with Crippen LogP contribution < -0.4 is 20.1 Å². The van der Waals surface area contributed by atoms with Gasteiger partial charge in [0.05, 0.1) is 11.5 Å². The van der Waals surface area contributed by atoms with E-state index in [1.165, 1.54) is 12.1 Å². The zero-order valence-electron chi connectivity index (χ0n) is 18.3. The number of nitro groups is 1. The number of rotatable bonds is 10. The molecule has 0 radical (unpaired) electrons. The minimum atomic E-state index is -0.436. The molecule has 3 aromatic rings. The van der Waals surface area contributed by atoms with Crippen LogP contribution >= 0.6 is 11.6 Å². The predicted octanol–water partition coefficient (Wildman–Crippen LogP) is 5.58. The van der Waals surface area contributed by atoms with E-state index in [2.05, 4.69) is 10.6 Å². The monoisotopic (exact) mass is 469 g/mol. The van der Waals surface area contributed by atoms with Gasteiger partial charge < -0.3 is 20.1 Å².